The molecule has 4 nitrogen and oxygen atoms in total. The van der Waals surface area contributed by atoms with Crippen LogP contribution in [-0.4, -0.2) is 40.4 Å². The fourth-order valence-electron chi connectivity index (χ4n) is 1.02. The second kappa shape index (κ2) is 6.32. The van der Waals surface area contributed by atoms with Crippen LogP contribution in [0.1, 0.15) is 33.1 Å². The molecule has 1 saturated heterocycles. The van der Waals surface area contributed by atoms with Crippen LogP contribution < -0.4 is 0 Å². The summed E-state index contributed by atoms with van der Waals surface area (Å²) in [5.41, 5.74) is 0. The van der Waals surface area contributed by atoms with E-state index in [4.69, 9.17) is 20.1 Å². The summed E-state index contributed by atoms with van der Waals surface area (Å²) in [4.78, 5) is 0. The summed E-state index contributed by atoms with van der Waals surface area (Å²) in [6.07, 6.45) is 3.49. The zero-order valence-electron chi connectivity index (χ0n) is 8.36. The molecule has 1 heterocycles. The average Bonchev–Trinajstić information content (AvgIpc) is 2.36. The minimum Gasteiger partial charge on any atom is -0.396 e. The summed E-state index contributed by atoms with van der Waals surface area (Å²) in [6, 6.07) is 0. The molecular weight excluding hydrogens is 172 g/mol. The third-order valence-corrected chi connectivity index (χ3v) is 1.48. The minimum absolute atomic E-state index is 0.269. The molecule has 0 spiro atoms. The van der Waals surface area contributed by atoms with E-state index < -0.39 is 5.79 Å². The largest absolute Gasteiger partial charge is 0.396 e. The Kier molecular flexibility index (Phi) is 6.24. The molecule has 80 valence electrons. The Morgan fingerprint density at radius 2 is 1.92 bits per heavy atom. The number of ether oxygens (including phenoxy) is 1. The molecule has 1 aliphatic heterocycles. The van der Waals surface area contributed by atoms with Gasteiger partial charge in [-0.25, -0.2) is 0 Å². The molecule has 4 heteroatoms. The molecule has 0 aromatic carbocycles. The van der Waals surface area contributed by atoms with Crippen molar-refractivity contribution in [3.8, 4) is 0 Å². The fraction of sp³-hybridized carbons (Fsp3) is 1.00. The van der Waals surface area contributed by atoms with E-state index in [1.165, 1.54) is 20.3 Å². The van der Waals surface area contributed by atoms with Crippen molar-refractivity contribution in [1.82, 2.24) is 0 Å². The van der Waals surface area contributed by atoms with Crippen LogP contribution in [0.4, 0.5) is 0 Å². The van der Waals surface area contributed by atoms with Crippen molar-refractivity contribution >= 4 is 0 Å². The average molecular weight is 192 g/mol. The van der Waals surface area contributed by atoms with Crippen LogP contribution >= 0.6 is 0 Å². The van der Waals surface area contributed by atoms with E-state index in [0.717, 1.165) is 19.4 Å². The van der Waals surface area contributed by atoms with Gasteiger partial charge in [0.2, 0.25) is 0 Å². The van der Waals surface area contributed by atoms with Gasteiger partial charge in [0.25, 0.3) is 0 Å². The highest BCUT2D eigenvalue weighted by Crippen LogP contribution is 2.13. The Labute approximate surface area is 79.2 Å². The van der Waals surface area contributed by atoms with Crippen LogP contribution in [0.2, 0.25) is 0 Å². The van der Waals surface area contributed by atoms with Crippen LogP contribution in [0.5, 0.6) is 0 Å². The zero-order chi connectivity index (χ0) is 10.3. The van der Waals surface area contributed by atoms with Crippen molar-refractivity contribution in [1.29, 1.82) is 0 Å². The second-order valence-corrected chi connectivity index (χ2v) is 3.64. The first-order valence-corrected chi connectivity index (χ1v) is 4.60. The Morgan fingerprint density at radius 1 is 1.38 bits per heavy atom. The van der Waals surface area contributed by atoms with Crippen molar-refractivity contribution in [2.75, 3.05) is 13.2 Å². The maximum absolute atomic E-state index is 8.45. The molecule has 0 aliphatic carbocycles. The Bertz CT molecular complexity index is 107. The van der Waals surface area contributed by atoms with E-state index in [2.05, 4.69) is 0 Å². The summed E-state index contributed by atoms with van der Waals surface area (Å²) < 4.78 is 5.23. The minimum atomic E-state index is -1.50. The van der Waals surface area contributed by atoms with Gasteiger partial charge in [-0.3, -0.25) is 0 Å². The summed E-state index contributed by atoms with van der Waals surface area (Å²) in [5, 5.41) is 24.6. The maximum atomic E-state index is 8.45. The smallest absolute Gasteiger partial charge is 0.156 e. The second-order valence-electron chi connectivity index (χ2n) is 3.64. The molecule has 0 bridgehead atoms. The molecule has 1 aliphatic rings. The molecule has 0 saturated carbocycles. The highest BCUT2D eigenvalue weighted by atomic mass is 16.5. The molecular formula is C9H20O4. The van der Waals surface area contributed by atoms with E-state index in [-0.39, 0.29) is 6.61 Å². The quantitative estimate of drug-likeness (QED) is 0.549. The van der Waals surface area contributed by atoms with Crippen molar-refractivity contribution < 1.29 is 20.1 Å². The van der Waals surface area contributed by atoms with Gasteiger partial charge < -0.3 is 20.1 Å². The molecule has 0 aromatic heterocycles. The summed E-state index contributed by atoms with van der Waals surface area (Å²) in [7, 11) is 0. The highest BCUT2D eigenvalue weighted by molar-refractivity contribution is 4.63. The van der Waals surface area contributed by atoms with Gasteiger partial charge in [0.1, 0.15) is 0 Å². The summed E-state index contributed by atoms with van der Waals surface area (Å²) in [6.45, 7) is 3.76. The number of hydrogen-bond donors (Lipinski definition) is 3. The lowest BCUT2D eigenvalue weighted by Gasteiger charge is -2.03. The number of aliphatic hydroxyl groups is 3. The van der Waals surface area contributed by atoms with Crippen molar-refractivity contribution in [3.63, 3.8) is 0 Å². The van der Waals surface area contributed by atoms with Gasteiger partial charge in [0.05, 0.1) is 6.10 Å². The van der Waals surface area contributed by atoms with Crippen LogP contribution in [0.3, 0.4) is 0 Å². The Hall–Kier alpha value is -0.160. The van der Waals surface area contributed by atoms with Crippen molar-refractivity contribution in [2.45, 2.75) is 45.0 Å². The maximum Gasteiger partial charge on any atom is 0.156 e. The Balaban J connectivity index is 0.000000252. The lowest BCUT2D eigenvalue weighted by Crippen LogP contribution is -2.15. The zero-order valence-corrected chi connectivity index (χ0v) is 8.36. The predicted octanol–water partition coefficient (Wildman–Crippen LogP) is 0.255. The third-order valence-electron chi connectivity index (χ3n) is 1.48. The SMILES string of the molecule is CC(C)(O)O.OCCC1CCCO1. The van der Waals surface area contributed by atoms with Crippen molar-refractivity contribution in [3.05, 3.63) is 0 Å². The van der Waals surface area contributed by atoms with Gasteiger partial charge in [-0.2, -0.15) is 0 Å². The van der Waals surface area contributed by atoms with Gasteiger partial charge in [0, 0.05) is 13.2 Å². The normalized spacial score (nSPS) is 22.4. The van der Waals surface area contributed by atoms with Gasteiger partial charge in [0.15, 0.2) is 5.79 Å². The number of aliphatic hydroxyl groups excluding tert-OH is 1. The van der Waals surface area contributed by atoms with Crippen LogP contribution in [0.25, 0.3) is 0 Å². The van der Waals surface area contributed by atoms with Crippen LogP contribution in [0.15, 0.2) is 0 Å². The lowest BCUT2D eigenvalue weighted by molar-refractivity contribution is -0.127. The van der Waals surface area contributed by atoms with E-state index >= 15 is 0 Å². The topological polar surface area (TPSA) is 69.9 Å². The standard InChI is InChI=1S/C6H12O2.C3H8O2/c7-4-3-6-2-1-5-8-6;1-3(2,4)5/h6-7H,1-5H2;4-5H,1-2H3. The molecule has 0 aromatic rings. The van der Waals surface area contributed by atoms with E-state index in [1.807, 2.05) is 0 Å². The molecule has 13 heavy (non-hydrogen) atoms. The van der Waals surface area contributed by atoms with Crippen molar-refractivity contribution in [2.24, 2.45) is 0 Å². The molecule has 1 fully saturated rings. The highest BCUT2D eigenvalue weighted by Gasteiger charge is 2.13. The third kappa shape index (κ3) is 11.8. The van der Waals surface area contributed by atoms with E-state index in [9.17, 15) is 0 Å². The monoisotopic (exact) mass is 192 g/mol. The number of hydrogen-bond acceptors (Lipinski definition) is 4. The first-order valence-electron chi connectivity index (χ1n) is 4.60. The first-order chi connectivity index (χ1) is 5.93. The van der Waals surface area contributed by atoms with Crippen LogP contribution in [-0.2, 0) is 4.74 Å². The molecule has 0 radical (unpaired) electrons. The summed E-state index contributed by atoms with van der Waals surface area (Å²) in [5.74, 6) is -1.50. The van der Waals surface area contributed by atoms with E-state index in [1.54, 1.807) is 0 Å². The lowest BCUT2D eigenvalue weighted by atomic mass is 10.2. The van der Waals surface area contributed by atoms with Gasteiger partial charge in [-0.05, 0) is 33.1 Å². The summed E-state index contributed by atoms with van der Waals surface area (Å²) >= 11 is 0. The first kappa shape index (κ1) is 12.8. The molecule has 1 atom stereocenters. The molecule has 1 unspecified atom stereocenters. The van der Waals surface area contributed by atoms with E-state index in [0.29, 0.717) is 6.10 Å². The molecule has 3 N–H and O–H groups in total. The fourth-order valence-corrected chi connectivity index (χ4v) is 1.02. The van der Waals surface area contributed by atoms with Gasteiger partial charge in [-0.1, -0.05) is 0 Å². The molecule has 0 amide bonds. The van der Waals surface area contributed by atoms with Gasteiger partial charge >= 0.3 is 0 Å². The van der Waals surface area contributed by atoms with Gasteiger partial charge in [-0.15, -0.1) is 0 Å². The van der Waals surface area contributed by atoms with Crippen LogP contribution in [0, 0.1) is 0 Å². The Morgan fingerprint density at radius 3 is 2.23 bits per heavy atom. The number of rotatable bonds is 2. The molecule has 1 rings (SSSR count). The predicted molar refractivity (Wildman–Crippen MR) is 49.2 cm³/mol.